The molecule has 0 bridgehead atoms. The number of aromatic carboxylic acids is 1. The first-order valence-electron chi connectivity index (χ1n) is 6.76. The summed E-state index contributed by atoms with van der Waals surface area (Å²) >= 11 is 0. The van der Waals surface area contributed by atoms with E-state index in [1.165, 1.54) is 12.1 Å². The number of aliphatic carboxylic acids is 1. The second-order valence-electron chi connectivity index (χ2n) is 5.47. The molecule has 1 fully saturated rings. The van der Waals surface area contributed by atoms with Gasteiger partial charge in [-0.15, -0.1) is 0 Å². The van der Waals surface area contributed by atoms with E-state index in [1.54, 1.807) is 12.1 Å². The molecule has 1 amide bonds. The fourth-order valence-corrected chi connectivity index (χ4v) is 2.86. The lowest BCUT2D eigenvalue weighted by molar-refractivity contribution is -0.145. The van der Waals surface area contributed by atoms with Crippen LogP contribution in [0.1, 0.15) is 30.1 Å². The molecule has 6 nitrogen and oxygen atoms in total. The van der Waals surface area contributed by atoms with Crippen LogP contribution >= 0.6 is 0 Å². The quantitative estimate of drug-likeness (QED) is 0.787. The number of para-hydroxylation sites is 1. The zero-order valence-corrected chi connectivity index (χ0v) is 11.6. The van der Waals surface area contributed by atoms with Gasteiger partial charge in [-0.2, -0.15) is 0 Å². The number of benzene rings is 1. The molecule has 0 saturated heterocycles. The van der Waals surface area contributed by atoms with Crippen LogP contribution in [0, 0.1) is 17.8 Å². The number of carboxylic acid groups (broad SMARTS) is 2. The molecule has 21 heavy (non-hydrogen) atoms. The van der Waals surface area contributed by atoms with Crippen molar-refractivity contribution in [2.24, 2.45) is 17.8 Å². The molecular formula is C15H17NO5. The molecule has 3 N–H and O–H groups in total. The summed E-state index contributed by atoms with van der Waals surface area (Å²) in [5.41, 5.74) is 0.183. The predicted molar refractivity (Wildman–Crippen MR) is 75.0 cm³/mol. The van der Waals surface area contributed by atoms with Crippen molar-refractivity contribution in [1.82, 2.24) is 0 Å². The van der Waals surface area contributed by atoms with Gasteiger partial charge in [0.25, 0.3) is 0 Å². The third-order valence-electron chi connectivity index (χ3n) is 3.87. The number of carboxylic acids is 2. The number of carbonyl (C=O) groups is 3. The summed E-state index contributed by atoms with van der Waals surface area (Å²) < 4.78 is 0. The average Bonchev–Trinajstić information content (AvgIpc) is 2.81. The normalized spacial score (nSPS) is 24.5. The van der Waals surface area contributed by atoms with Gasteiger partial charge in [0.2, 0.25) is 5.91 Å². The lowest BCUT2D eigenvalue weighted by Gasteiger charge is -2.16. The number of hydrogen-bond acceptors (Lipinski definition) is 3. The molecule has 0 aromatic heterocycles. The molecule has 3 atom stereocenters. The first kappa shape index (κ1) is 15.0. The van der Waals surface area contributed by atoms with Crippen LogP contribution in [0.15, 0.2) is 24.3 Å². The highest BCUT2D eigenvalue weighted by Gasteiger charge is 2.41. The molecule has 0 spiro atoms. The van der Waals surface area contributed by atoms with Gasteiger partial charge in [-0.25, -0.2) is 4.79 Å². The summed E-state index contributed by atoms with van der Waals surface area (Å²) in [6, 6.07) is 6.07. The van der Waals surface area contributed by atoms with Gasteiger partial charge in [0.05, 0.1) is 23.1 Å². The number of anilines is 1. The SMILES string of the molecule is CC1C[C@H](C(=O)Nc2ccccc2C(=O)O)[C@H](C(=O)O)C1. The highest BCUT2D eigenvalue weighted by Crippen LogP contribution is 2.37. The Morgan fingerprint density at radius 3 is 2.33 bits per heavy atom. The maximum atomic E-state index is 12.3. The summed E-state index contributed by atoms with van der Waals surface area (Å²) in [5.74, 6) is -3.72. The lowest BCUT2D eigenvalue weighted by Crippen LogP contribution is -2.30. The summed E-state index contributed by atoms with van der Waals surface area (Å²) in [4.78, 5) is 34.6. The molecule has 1 aromatic rings. The van der Waals surface area contributed by atoms with Gasteiger partial charge >= 0.3 is 11.9 Å². The Bertz CT molecular complexity index is 583. The Balaban J connectivity index is 2.18. The van der Waals surface area contributed by atoms with Gasteiger partial charge in [0.15, 0.2) is 0 Å². The van der Waals surface area contributed by atoms with Crippen molar-refractivity contribution >= 4 is 23.5 Å². The summed E-state index contributed by atoms with van der Waals surface area (Å²) in [7, 11) is 0. The van der Waals surface area contributed by atoms with Crippen LogP contribution in [-0.2, 0) is 9.59 Å². The summed E-state index contributed by atoms with van der Waals surface area (Å²) in [6.07, 6.45) is 0.964. The van der Waals surface area contributed by atoms with Crippen LogP contribution in [0.4, 0.5) is 5.69 Å². The molecule has 1 aliphatic rings. The zero-order chi connectivity index (χ0) is 15.6. The Morgan fingerprint density at radius 2 is 1.71 bits per heavy atom. The molecule has 2 rings (SSSR count). The molecule has 112 valence electrons. The highest BCUT2D eigenvalue weighted by atomic mass is 16.4. The van der Waals surface area contributed by atoms with Crippen LogP contribution in [0.2, 0.25) is 0 Å². The Labute approximate surface area is 121 Å². The fourth-order valence-electron chi connectivity index (χ4n) is 2.86. The Hall–Kier alpha value is -2.37. The van der Waals surface area contributed by atoms with E-state index in [2.05, 4.69) is 5.32 Å². The molecule has 0 heterocycles. The van der Waals surface area contributed by atoms with Gasteiger partial charge in [0.1, 0.15) is 0 Å². The first-order chi connectivity index (χ1) is 9.90. The molecule has 1 saturated carbocycles. The van der Waals surface area contributed by atoms with Crippen LogP contribution in [0.5, 0.6) is 0 Å². The van der Waals surface area contributed by atoms with Gasteiger partial charge in [-0.1, -0.05) is 19.1 Å². The van der Waals surface area contributed by atoms with Gasteiger partial charge < -0.3 is 15.5 Å². The van der Waals surface area contributed by atoms with Gasteiger partial charge in [0, 0.05) is 0 Å². The largest absolute Gasteiger partial charge is 0.481 e. The smallest absolute Gasteiger partial charge is 0.337 e. The minimum Gasteiger partial charge on any atom is -0.481 e. The second kappa shape index (κ2) is 5.95. The molecular weight excluding hydrogens is 274 g/mol. The maximum absolute atomic E-state index is 12.3. The van der Waals surface area contributed by atoms with E-state index in [-0.39, 0.29) is 17.2 Å². The molecule has 1 unspecified atom stereocenters. The van der Waals surface area contributed by atoms with Crippen LogP contribution in [0.3, 0.4) is 0 Å². The first-order valence-corrected chi connectivity index (χ1v) is 6.76. The topological polar surface area (TPSA) is 104 Å². The number of carbonyl (C=O) groups excluding carboxylic acids is 1. The van der Waals surface area contributed by atoms with Gasteiger partial charge in [-0.3, -0.25) is 9.59 Å². The minimum absolute atomic E-state index is 0.0104. The van der Waals surface area contributed by atoms with Gasteiger partial charge in [-0.05, 0) is 30.9 Å². The highest BCUT2D eigenvalue weighted by molar-refractivity contribution is 6.02. The van der Waals surface area contributed by atoms with E-state index in [9.17, 15) is 19.5 Å². The second-order valence-corrected chi connectivity index (χ2v) is 5.47. The lowest BCUT2D eigenvalue weighted by atomic mass is 9.95. The minimum atomic E-state index is -1.14. The van der Waals surface area contributed by atoms with E-state index in [0.717, 1.165) is 0 Å². The third-order valence-corrected chi connectivity index (χ3v) is 3.87. The zero-order valence-electron chi connectivity index (χ0n) is 11.6. The number of amides is 1. The van der Waals surface area contributed by atoms with E-state index < -0.39 is 29.7 Å². The van der Waals surface area contributed by atoms with E-state index >= 15 is 0 Å². The monoisotopic (exact) mass is 291 g/mol. The number of rotatable bonds is 4. The molecule has 0 radical (unpaired) electrons. The summed E-state index contributed by atoms with van der Waals surface area (Å²) in [6.45, 7) is 1.91. The molecule has 1 aromatic carbocycles. The predicted octanol–water partition coefficient (Wildman–Crippen LogP) is 2.07. The Morgan fingerprint density at radius 1 is 1.10 bits per heavy atom. The number of hydrogen-bond donors (Lipinski definition) is 3. The maximum Gasteiger partial charge on any atom is 0.337 e. The van der Waals surface area contributed by atoms with Crippen molar-refractivity contribution in [3.8, 4) is 0 Å². The molecule has 6 heteroatoms. The van der Waals surface area contributed by atoms with E-state index in [4.69, 9.17) is 5.11 Å². The van der Waals surface area contributed by atoms with Crippen LogP contribution in [-0.4, -0.2) is 28.1 Å². The van der Waals surface area contributed by atoms with E-state index in [0.29, 0.717) is 12.8 Å². The third kappa shape index (κ3) is 3.21. The number of nitrogens with one attached hydrogen (secondary N) is 1. The van der Waals surface area contributed by atoms with Crippen LogP contribution in [0.25, 0.3) is 0 Å². The standard InChI is InChI=1S/C15H17NO5/c1-8-6-10(11(7-8)15(20)21)13(17)16-12-5-3-2-4-9(12)14(18)19/h2-5,8,10-11H,6-7H2,1H3,(H,16,17)(H,18,19)(H,20,21)/t8?,10-,11+/m0/s1. The van der Waals surface area contributed by atoms with Crippen molar-refractivity contribution in [2.45, 2.75) is 19.8 Å². The fraction of sp³-hybridized carbons (Fsp3) is 0.400. The van der Waals surface area contributed by atoms with Crippen molar-refractivity contribution in [3.05, 3.63) is 29.8 Å². The summed E-state index contributed by atoms with van der Waals surface area (Å²) in [5, 5.41) is 20.8. The van der Waals surface area contributed by atoms with Crippen LogP contribution < -0.4 is 5.32 Å². The van der Waals surface area contributed by atoms with E-state index in [1.807, 2.05) is 6.92 Å². The van der Waals surface area contributed by atoms with Crippen molar-refractivity contribution in [3.63, 3.8) is 0 Å². The average molecular weight is 291 g/mol. The molecule has 0 aliphatic heterocycles. The van der Waals surface area contributed by atoms with Crippen molar-refractivity contribution in [1.29, 1.82) is 0 Å². The molecule has 1 aliphatic carbocycles. The Kier molecular flexibility index (Phi) is 4.26. The van der Waals surface area contributed by atoms with Crippen molar-refractivity contribution in [2.75, 3.05) is 5.32 Å². The van der Waals surface area contributed by atoms with Crippen molar-refractivity contribution < 1.29 is 24.6 Å².